The number of anilines is 2. The molecule has 3 aromatic heterocycles. The number of methoxy groups -OCH3 is 1. The van der Waals surface area contributed by atoms with E-state index in [9.17, 15) is 5.11 Å². The first-order valence-electron chi connectivity index (χ1n) is 11.9. The van der Waals surface area contributed by atoms with Gasteiger partial charge in [0.2, 0.25) is 5.95 Å². The van der Waals surface area contributed by atoms with E-state index in [-0.39, 0.29) is 18.6 Å². The van der Waals surface area contributed by atoms with Gasteiger partial charge in [0, 0.05) is 62.2 Å². The van der Waals surface area contributed by atoms with Crippen LogP contribution >= 0.6 is 0 Å². The number of aliphatic hydroxyl groups excluding tert-OH is 1. The number of aromatic nitrogens is 5. The lowest BCUT2D eigenvalue weighted by Crippen LogP contribution is -2.77. The fourth-order valence-corrected chi connectivity index (χ4v) is 4.89. The minimum atomic E-state index is 0.0818. The summed E-state index contributed by atoms with van der Waals surface area (Å²) in [6, 6.07) is 3.40. The standard InChI is InChI=1S/C23H33N9O2/c1-3-4-15(5-6-33)28-22-21-17(29-23(24)30-22)9-27-32(21)11-14-8-25-16(7-20(14)34-2)12-31-13-18-19(31)10-26-18/h7-9,15,18-19,26,33H,3-6,10-13H2,1-2H3,(H3,24,28,29,30)/t15-,18?,19?/m0/s1. The molecule has 11 nitrogen and oxygen atoms in total. The van der Waals surface area contributed by atoms with Gasteiger partial charge in [-0.2, -0.15) is 10.1 Å². The number of hydrogen-bond donors (Lipinski definition) is 4. The summed E-state index contributed by atoms with van der Waals surface area (Å²) in [6.45, 7) is 5.64. The Hall–Kier alpha value is -3.02. The highest BCUT2D eigenvalue weighted by Gasteiger charge is 2.45. The number of nitrogens with one attached hydrogen (secondary N) is 2. The van der Waals surface area contributed by atoms with E-state index in [1.807, 2.05) is 16.9 Å². The first kappa shape index (κ1) is 22.8. The van der Waals surface area contributed by atoms with Gasteiger partial charge >= 0.3 is 0 Å². The topological polar surface area (TPSA) is 139 Å². The van der Waals surface area contributed by atoms with E-state index in [0.717, 1.165) is 55.0 Å². The summed E-state index contributed by atoms with van der Waals surface area (Å²) < 4.78 is 7.56. The summed E-state index contributed by atoms with van der Waals surface area (Å²) in [6.07, 6.45) is 6.09. The molecule has 0 saturated carbocycles. The second-order valence-electron chi connectivity index (χ2n) is 9.11. The Morgan fingerprint density at radius 2 is 2.18 bits per heavy atom. The summed E-state index contributed by atoms with van der Waals surface area (Å²) in [7, 11) is 1.68. The molecule has 3 aromatic rings. The van der Waals surface area contributed by atoms with Crippen molar-refractivity contribution in [2.75, 3.05) is 37.9 Å². The molecule has 3 atom stereocenters. The minimum absolute atomic E-state index is 0.0818. The van der Waals surface area contributed by atoms with Crippen LogP contribution in [0, 0.1) is 0 Å². The second-order valence-corrected chi connectivity index (χ2v) is 9.11. The van der Waals surface area contributed by atoms with Gasteiger partial charge in [0.15, 0.2) is 5.82 Å². The Labute approximate surface area is 198 Å². The number of ether oxygens (including phenoxy) is 1. The third-order valence-electron chi connectivity index (χ3n) is 6.82. The van der Waals surface area contributed by atoms with Gasteiger partial charge in [0.05, 0.1) is 25.5 Å². The number of nitrogen functional groups attached to an aromatic ring is 1. The number of pyridine rings is 1. The van der Waals surface area contributed by atoms with Crippen LogP contribution in [0.25, 0.3) is 11.0 Å². The molecule has 2 fully saturated rings. The SMILES string of the molecule is CCC[C@@H](CCO)Nc1nc(N)nc2cnn(Cc3cnc(CN4CC5NCC54)cc3OC)c12. The zero-order chi connectivity index (χ0) is 23.7. The van der Waals surface area contributed by atoms with Gasteiger partial charge in [-0.15, -0.1) is 0 Å². The molecule has 34 heavy (non-hydrogen) atoms. The Bertz CT molecular complexity index is 1140. The molecule has 5 N–H and O–H groups in total. The second kappa shape index (κ2) is 9.69. The van der Waals surface area contributed by atoms with Crippen molar-refractivity contribution in [1.82, 2.24) is 34.9 Å². The van der Waals surface area contributed by atoms with Gasteiger partial charge < -0.3 is 26.2 Å². The van der Waals surface area contributed by atoms with E-state index in [2.05, 4.69) is 37.5 Å². The molecule has 0 radical (unpaired) electrons. The van der Waals surface area contributed by atoms with Crippen molar-refractivity contribution in [3.05, 3.63) is 29.7 Å². The van der Waals surface area contributed by atoms with Crippen molar-refractivity contribution in [3.8, 4) is 5.75 Å². The molecule has 2 unspecified atom stereocenters. The molecule has 5 rings (SSSR count). The highest BCUT2D eigenvalue weighted by molar-refractivity contribution is 5.86. The molecule has 0 spiro atoms. The Balaban J connectivity index is 1.39. The first-order chi connectivity index (χ1) is 16.6. The number of aliphatic hydroxyl groups is 1. The fourth-order valence-electron chi connectivity index (χ4n) is 4.89. The van der Waals surface area contributed by atoms with Crippen LogP contribution in [0.3, 0.4) is 0 Å². The molecule has 182 valence electrons. The van der Waals surface area contributed by atoms with Gasteiger partial charge in [-0.05, 0) is 12.8 Å². The van der Waals surface area contributed by atoms with E-state index in [4.69, 9.17) is 15.5 Å². The number of piperazine rings is 1. The van der Waals surface area contributed by atoms with Gasteiger partial charge in [-0.1, -0.05) is 13.3 Å². The lowest BCUT2D eigenvalue weighted by atomic mass is 9.88. The molecule has 2 aliphatic heterocycles. The zero-order valence-corrected chi connectivity index (χ0v) is 19.7. The fraction of sp³-hybridized carbons (Fsp3) is 0.565. The van der Waals surface area contributed by atoms with Crippen molar-refractivity contribution in [3.63, 3.8) is 0 Å². The third kappa shape index (κ3) is 4.38. The van der Waals surface area contributed by atoms with Crippen LogP contribution in [-0.4, -0.2) is 79.7 Å². The number of hydrogen-bond acceptors (Lipinski definition) is 10. The van der Waals surface area contributed by atoms with E-state index in [1.54, 1.807) is 13.3 Å². The maximum atomic E-state index is 9.46. The summed E-state index contributed by atoms with van der Waals surface area (Å²) in [5, 5.41) is 20.9. The number of fused-ring (bicyclic) bond motifs is 2. The van der Waals surface area contributed by atoms with Gasteiger partial charge in [-0.3, -0.25) is 14.6 Å². The summed E-state index contributed by atoms with van der Waals surface area (Å²) in [4.78, 5) is 16.0. The molecule has 0 aromatic carbocycles. The van der Waals surface area contributed by atoms with Crippen LogP contribution in [0.4, 0.5) is 11.8 Å². The van der Waals surface area contributed by atoms with Gasteiger partial charge in [0.1, 0.15) is 16.8 Å². The maximum Gasteiger partial charge on any atom is 0.222 e. The predicted molar refractivity (Wildman–Crippen MR) is 130 cm³/mol. The zero-order valence-electron chi connectivity index (χ0n) is 19.7. The van der Waals surface area contributed by atoms with Gasteiger partial charge in [0.25, 0.3) is 0 Å². The van der Waals surface area contributed by atoms with Gasteiger partial charge in [-0.25, -0.2) is 4.98 Å². The normalized spacial score (nSPS) is 20.4. The Morgan fingerprint density at radius 3 is 2.85 bits per heavy atom. The Morgan fingerprint density at radius 1 is 1.29 bits per heavy atom. The highest BCUT2D eigenvalue weighted by atomic mass is 16.5. The van der Waals surface area contributed by atoms with E-state index >= 15 is 0 Å². The number of nitrogens with two attached hydrogens (primary N) is 1. The first-order valence-corrected chi connectivity index (χ1v) is 11.9. The van der Waals surface area contributed by atoms with Crippen LogP contribution in [0.2, 0.25) is 0 Å². The Kier molecular flexibility index (Phi) is 6.48. The van der Waals surface area contributed by atoms with Crippen LogP contribution in [-0.2, 0) is 13.1 Å². The molecular formula is C23H33N9O2. The van der Waals surface area contributed by atoms with Crippen molar-refractivity contribution in [1.29, 1.82) is 0 Å². The molecule has 5 heterocycles. The quantitative estimate of drug-likeness (QED) is 0.323. The van der Waals surface area contributed by atoms with E-state index in [0.29, 0.717) is 36.4 Å². The lowest BCUT2D eigenvalue weighted by molar-refractivity contribution is -0.0245. The van der Waals surface area contributed by atoms with E-state index < -0.39 is 0 Å². The number of nitrogens with zero attached hydrogens (tertiary/aromatic N) is 6. The highest BCUT2D eigenvalue weighted by Crippen LogP contribution is 2.29. The van der Waals surface area contributed by atoms with Crippen LogP contribution in [0.5, 0.6) is 5.75 Å². The smallest absolute Gasteiger partial charge is 0.222 e. The monoisotopic (exact) mass is 467 g/mol. The molecule has 0 aliphatic carbocycles. The molecular weight excluding hydrogens is 434 g/mol. The molecule has 2 aliphatic rings. The van der Waals surface area contributed by atoms with Crippen molar-refractivity contribution in [2.45, 2.75) is 57.4 Å². The van der Waals surface area contributed by atoms with Crippen LogP contribution < -0.4 is 21.1 Å². The molecule has 0 bridgehead atoms. The molecule has 2 saturated heterocycles. The average Bonchev–Trinajstić information content (AvgIpc) is 3.20. The third-order valence-corrected chi connectivity index (χ3v) is 6.82. The summed E-state index contributed by atoms with van der Waals surface area (Å²) in [5.41, 5.74) is 9.32. The van der Waals surface area contributed by atoms with Crippen molar-refractivity contribution >= 4 is 22.8 Å². The van der Waals surface area contributed by atoms with E-state index in [1.165, 1.54) is 0 Å². The predicted octanol–water partition coefficient (Wildman–Crippen LogP) is 0.979. The number of likely N-dealkylation sites (tertiary alicyclic amines) is 1. The lowest BCUT2D eigenvalue weighted by Gasteiger charge is -2.56. The molecule has 0 amide bonds. The van der Waals surface area contributed by atoms with Crippen LogP contribution in [0.1, 0.15) is 37.4 Å². The average molecular weight is 468 g/mol. The summed E-state index contributed by atoms with van der Waals surface area (Å²) in [5.74, 6) is 1.59. The van der Waals surface area contributed by atoms with Crippen LogP contribution in [0.15, 0.2) is 18.5 Å². The van der Waals surface area contributed by atoms with Crippen molar-refractivity contribution in [2.24, 2.45) is 0 Å². The minimum Gasteiger partial charge on any atom is -0.496 e. The number of rotatable bonds is 11. The largest absolute Gasteiger partial charge is 0.496 e. The maximum absolute atomic E-state index is 9.46. The molecule has 11 heteroatoms. The summed E-state index contributed by atoms with van der Waals surface area (Å²) >= 11 is 0. The van der Waals surface area contributed by atoms with Crippen molar-refractivity contribution < 1.29 is 9.84 Å².